The summed E-state index contributed by atoms with van der Waals surface area (Å²) in [6, 6.07) is 33.3. The lowest BCUT2D eigenvalue weighted by Gasteiger charge is -2.44. The molecule has 6 aromatic rings. The normalized spacial score (nSPS) is 20.0. The highest BCUT2D eigenvalue weighted by molar-refractivity contribution is 9.38. The first-order valence-electron chi connectivity index (χ1n) is 14.3. The van der Waals surface area contributed by atoms with E-state index in [4.69, 9.17) is 33.2 Å². The van der Waals surface area contributed by atoms with E-state index in [0.29, 0.717) is 10.0 Å². The van der Waals surface area contributed by atoms with Crippen LogP contribution >= 0.6 is 103 Å². The van der Waals surface area contributed by atoms with Crippen LogP contribution in [0.5, 0.6) is 0 Å². The van der Waals surface area contributed by atoms with Crippen LogP contribution in [0.2, 0.25) is 10.0 Å². The van der Waals surface area contributed by atoms with Crippen LogP contribution in [-0.2, 0) is 0 Å². The lowest BCUT2D eigenvalue weighted by atomic mass is 9.67. The molecule has 4 atom stereocenters. The van der Waals surface area contributed by atoms with Gasteiger partial charge < -0.3 is 0 Å². The Balaban J connectivity index is 0.000000770. The predicted octanol–water partition coefficient (Wildman–Crippen LogP) is 14.0. The summed E-state index contributed by atoms with van der Waals surface area (Å²) in [6.07, 6.45) is 0.951. The smallest absolute Gasteiger partial charge is 0.124 e. The molecule has 4 aromatic carbocycles. The first-order chi connectivity index (χ1) is 21.7. The van der Waals surface area contributed by atoms with Crippen LogP contribution in [0.15, 0.2) is 97.1 Å². The summed E-state index contributed by atoms with van der Waals surface area (Å²) in [5.41, 5.74) is 11.4. The molecule has 8 rings (SSSR count). The Morgan fingerprint density at radius 2 is 0.956 bits per heavy atom. The summed E-state index contributed by atoms with van der Waals surface area (Å²) < 4.78 is 0.271. The fourth-order valence-corrected chi connectivity index (χ4v) is 9.11. The van der Waals surface area contributed by atoms with Gasteiger partial charge in [-0.1, -0.05) is 164 Å². The van der Waals surface area contributed by atoms with Crippen molar-refractivity contribution in [1.29, 1.82) is 0 Å². The minimum absolute atomic E-state index is 0.0273. The Morgan fingerprint density at radius 1 is 0.578 bits per heavy atom. The molecule has 0 radical (unpaired) electrons. The summed E-state index contributed by atoms with van der Waals surface area (Å²) >= 11 is 30.9. The largest absolute Gasteiger partial charge is 0.252 e. The summed E-state index contributed by atoms with van der Waals surface area (Å²) in [5, 5.41) is 3.57. The van der Waals surface area contributed by atoms with Gasteiger partial charge in [0.05, 0.1) is 32.1 Å². The molecule has 2 aromatic heterocycles. The van der Waals surface area contributed by atoms with Gasteiger partial charge in [-0.3, -0.25) is 9.97 Å². The maximum Gasteiger partial charge on any atom is 0.124 e. The van der Waals surface area contributed by atoms with Crippen molar-refractivity contribution in [3.8, 4) is 22.3 Å². The van der Waals surface area contributed by atoms with Gasteiger partial charge in [-0.05, 0) is 76.2 Å². The highest BCUT2D eigenvalue weighted by Gasteiger charge is 2.48. The summed E-state index contributed by atoms with van der Waals surface area (Å²) in [7, 11) is 0. The van der Waals surface area contributed by atoms with Crippen molar-refractivity contribution >= 4 is 125 Å². The van der Waals surface area contributed by atoms with E-state index in [-0.39, 0.29) is 24.1 Å². The van der Waals surface area contributed by atoms with Crippen LogP contribution in [0.3, 0.4) is 0 Å². The second-order valence-electron chi connectivity index (χ2n) is 11.1. The van der Waals surface area contributed by atoms with Crippen molar-refractivity contribution in [2.45, 2.75) is 30.6 Å². The molecule has 2 aliphatic rings. The Morgan fingerprint density at radius 3 is 1.33 bits per heavy atom. The first kappa shape index (κ1) is 32.2. The van der Waals surface area contributed by atoms with E-state index in [2.05, 4.69) is 152 Å². The average molecular weight is 954 g/mol. The fraction of sp³-hybridized carbons (Fsp3) is 0.167. The monoisotopic (exact) mass is 948 g/mol. The van der Waals surface area contributed by atoms with Crippen LogP contribution in [0.1, 0.15) is 50.4 Å². The van der Waals surface area contributed by atoms with Gasteiger partial charge in [-0.15, -0.1) is 0 Å². The fourth-order valence-electron chi connectivity index (χ4n) is 6.91. The van der Waals surface area contributed by atoms with Gasteiger partial charge in [0, 0.05) is 32.7 Å². The first-order valence-corrected chi connectivity index (χ1v) is 19.6. The Hall–Kier alpha value is -1.32. The van der Waals surface area contributed by atoms with Gasteiger partial charge in [0.2, 0.25) is 0 Å². The Labute approximate surface area is 314 Å². The van der Waals surface area contributed by atoms with Crippen molar-refractivity contribution in [1.82, 2.24) is 9.97 Å². The van der Waals surface area contributed by atoms with Gasteiger partial charge in [-0.2, -0.15) is 0 Å². The highest BCUT2D eigenvalue weighted by Crippen LogP contribution is 2.63. The lowest BCUT2D eigenvalue weighted by Crippen LogP contribution is -2.30. The van der Waals surface area contributed by atoms with Gasteiger partial charge in [-0.25, -0.2) is 0 Å². The quantitative estimate of drug-likeness (QED) is 0.162. The summed E-state index contributed by atoms with van der Waals surface area (Å²) in [4.78, 5) is 10.8. The zero-order chi connectivity index (χ0) is 31.4. The summed E-state index contributed by atoms with van der Waals surface area (Å²) in [6.45, 7) is 0. The van der Waals surface area contributed by atoms with Crippen LogP contribution in [0, 0.1) is 0 Å². The molecule has 0 spiro atoms. The van der Waals surface area contributed by atoms with E-state index < -0.39 is 0 Å². The molecule has 0 saturated heterocycles. The molecule has 2 nitrogen and oxygen atoms in total. The molecule has 45 heavy (non-hydrogen) atoms. The van der Waals surface area contributed by atoms with Crippen LogP contribution in [0.4, 0.5) is 0 Å². The summed E-state index contributed by atoms with van der Waals surface area (Å²) in [5.74, 6) is 0.333. The number of halogens is 7. The minimum Gasteiger partial charge on any atom is -0.252 e. The van der Waals surface area contributed by atoms with E-state index >= 15 is 0 Å². The molecule has 0 aliphatic heterocycles. The van der Waals surface area contributed by atoms with E-state index in [1.54, 1.807) is 0 Å². The lowest BCUT2D eigenvalue weighted by molar-refractivity contribution is 0.437. The number of hydrogen-bond donors (Lipinski definition) is 0. The maximum atomic E-state index is 6.56. The number of pyridine rings is 2. The van der Waals surface area contributed by atoms with Crippen LogP contribution < -0.4 is 0 Å². The Bertz CT molecular complexity index is 1910. The predicted molar refractivity (Wildman–Crippen MR) is 208 cm³/mol. The average Bonchev–Trinajstić information content (AvgIpc) is 3.03. The minimum atomic E-state index is 0.0273. The second-order valence-corrected chi connectivity index (χ2v) is 20.4. The topological polar surface area (TPSA) is 25.8 Å². The zero-order valence-electron chi connectivity index (χ0n) is 23.4. The van der Waals surface area contributed by atoms with Gasteiger partial charge in [0.15, 0.2) is 0 Å². The third kappa shape index (κ3) is 5.98. The number of benzene rings is 4. The SMILES string of the molecule is BrC(Br)Br.Clc1ccc2nc3c(c(-c4ccccc4)c2c1)[C@H](Br)[C@@H]1C[C@H]3[C@@H](Br)c2c1nc1ccc(Cl)cc1c2-c1ccccc1. The third-order valence-electron chi connectivity index (χ3n) is 8.62. The molecule has 0 fully saturated rings. The van der Waals surface area contributed by atoms with Gasteiger partial charge in [0.1, 0.15) is 2.65 Å². The molecule has 2 bridgehead atoms. The van der Waals surface area contributed by atoms with Crippen molar-refractivity contribution in [2.75, 3.05) is 0 Å². The molecule has 9 heteroatoms. The van der Waals surface area contributed by atoms with Crippen LogP contribution in [-0.4, -0.2) is 12.6 Å². The standard InChI is InChI=1S/C35H22Br2Cl2N2.CHBr3/c36-32-24-17-25(34-30(32)28(18-7-3-1-4-8-18)22-15-20(38)11-13-26(22)40-34)33(37)31-29(19-9-5-2-6-10-19)23-16-21(39)12-14-27(23)41-35(24)31;2-1(3)4/h1-16,24-25,32-33H,17H2;1H/t24-,25-,32+,33+;/m0./s1. The number of rotatable bonds is 2. The van der Waals surface area contributed by atoms with Crippen molar-refractivity contribution in [3.05, 3.63) is 130 Å². The zero-order valence-corrected chi connectivity index (χ0v) is 32.8. The van der Waals surface area contributed by atoms with Gasteiger partial charge in [0.25, 0.3) is 0 Å². The molecule has 0 saturated carbocycles. The number of nitrogens with zero attached hydrogens (tertiary/aromatic N) is 2. The molecule has 0 N–H and O–H groups in total. The number of fused-ring (bicyclic) bond motifs is 8. The van der Waals surface area contributed by atoms with E-state index in [1.807, 2.05) is 24.3 Å². The van der Waals surface area contributed by atoms with E-state index in [0.717, 1.165) is 39.6 Å². The third-order valence-corrected chi connectivity index (χ3v) is 11.3. The molecule has 2 heterocycles. The molecule has 0 amide bonds. The van der Waals surface area contributed by atoms with Gasteiger partial charge >= 0.3 is 0 Å². The number of alkyl halides is 5. The number of aromatic nitrogens is 2. The van der Waals surface area contributed by atoms with E-state index in [1.165, 1.54) is 33.4 Å². The molecular weight excluding hydrogens is 931 g/mol. The van der Waals surface area contributed by atoms with Crippen molar-refractivity contribution < 1.29 is 0 Å². The van der Waals surface area contributed by atoms with Crippen LogP contribution in [0.25, 0.3) is 44.1 Å². The molecule has 0 unspecified atom stereocenters. The van der Waals surface area contributed by atoms with Crippen molar-refractivity contribution in [2.24, 2.45) is 0 Å². The van der Waals surface area contributed by atoms with E-state index in [9.17, 15) is 0 Å². The number of hydrogen-bond acceptors (Lipinski definition) is 2. The molecule has 2 aliphatic carbocycles. The highest BCUT2D eigenvalue weighted by atomic mass is 80.0. The molecular formula is C36H23Br5Cl2N2. The van der Waals surface area contributed by atoms with Crippen molar-refractivity contribution in [3.63, 3.8) is 0 Å². The maximum absolute atomic E-state index is 6.56. The Kier molecular flexibility index (Phi) is 9.52. The molecule has 226 valence electrons. The second kappa shape index (κ2) is 13.3.